The zero-order valence-corrected chi connectivity index (χ0v) is 9.62. The molecule has 86 valence electrons. The van der Waals surface area contributed by atoms with Crippen LogP contribution in [-0.4, -0.2) is 42.7 Å². The predicted molar refractivity (Wildman–Crippen MR) is 58.5 cm³/mol. The van der Waals surface area contributed by atoms with E-state index in [9.17, 15) is 9.59 Å². The number of nitrogens with zero attached hydrogens (tertiary/aromatic N) is 1. The predicted octanol–water partition coefficient (Wildman–Crippen LogP) is 0.420. The van der Waals surface area contributed by atoms with Crippen molar-refractivity contribution < 1.29 is 11.0 Å². The van der Waals surface area contributed by atoms with Crippen molar-refractivity contribution in [3.05, 3.63) is 0 Å². The topological polar surface area (TPSA) is 49.4 Å². The second-order valence-electron chi connectivity index (χ2n) is 4.42. The molecule has 2 atom stereocenters. The van der Waals surface area contributed by atoms with E-state index in [1.165, 1.54) is 0 Å². The van der Waals surface area contributed by atoms with Crippen molar-refractivity contribution >= 4 is 12.2 Å². The molecule has 0 bridgehead atoms. The summed E-state index contributed by atoms with van der Waals surface area (Å²) >= 11 is 0. The van der Waals surface area contributed by atoms with Gasteiger partial charge in [-0.2, -0.15) is 0 Å². The Morgan fingerprint density at radius 3 is 2.80 bits per heavy atom. The zero-order valence-electron chi connectivity index (χ0n) is 10.6. The molecule has 4 heteroatoms. The summed E-state index contributed by atoms with van der Waals surface area (Å²) in [5, 5.41) is 2.93. The molecule has 1 aliphatic heterocycles. The third-order valence-corrected chi connectivity index (χ3v) is 2.80. The average Bonchev–Trinajstić information content (AvgIpc) is 2.55. The summed E-state index contributed by atoms with van der Waals surface area (Å²) in [4.78, 5) is 24.7. The van der Waals surface area contributed by atoms with Crippen LogP contribution in [0.2, 0.25) is 0 Å². The van der Waals surface area contributed by atoms with E-state index >= 15 is 0 Å². The second kappa shape index (κ2) is 5.26. The first-order chi connectivity index (χ1) is 7.47. The summed E-state index contributed by atoms with van der Waals surface area (Å²) in [7, 11) is 1.74. The number of likely N-dealkylation sites (tertiary alicyclic amines) is 1. The fourth-order valence-corrected chi connectivity index (χ4v) is 1.96. The fourth-order valence-electron chi connectivity index (χ4n) is 1.96. The number of nitrogens with one attached hydrogen (secondary N) is 1. The smallest absolute Gasteiger partial charge is 0.240 e. The van der Waals surface area contributed by atoms with Gasteiger partial charge in [-0.05, 0) is 25.8 Å². The highest BCUT2D eigenvalue weighted by Gasteiger charge is 2.34. The highest BCUT2D eigenvalue weighted by atomic mass is 16.2. The monoisotopic (exact) mass is 213 g/mol. The van der Waals surface area contributed by atoms with E-state index in [0.717, 1.165) is 6.42 Å². The molecule has 0 radical (unpaired) electrons. The molecule has 15 heavy (non-hydrogen) atoms. The number of rotatable bonds is 5. The Morgan fingerprint density at radius 1 is 1.73 bits per heavy atom. The molecule has 0 aromatic rings. The molecule has 1 aliphatic rings. The van der Waals surface area contributed by atoms with Crippen LogP contribution in [0.5, 0.6) is 0 Å². The summed E-state index contributed by atoms with van der Waals surface area (Å²) in [6, 6.07) is -0.750. The van der Waals surface area contributed by atoms with Gasteiger partial charge in [-0.15, -0.1) is 0 Å². The average molecular weight is 213 g/mol. The molecule has 0 aliphatic carbocycles. The highest BCUT2D eigenvalue weighted by molar-refractivity contribution is 5.86. The largest absolute Gasteiger partial charge is 0.332 e. The summed E-state index contributed by atoms with van der Waals surface area (Å²) < 4.78 is 7.25. The lowest BCUT2D eigenvalue weighted by atomic mass is 10.0. The Kier molecular flexibility index (Phi) is 3.72. The van der Waals surface area contributed by atoms with Crippen molar-refractivity contribution in [1.29, 1.82) is 0 Å². The quantitative estimate of drug-likeness (QED) is 0.673. The Hall–Kier alpha value is -0.900. The fraction of sp³-hybridized carbons (Fsp3) is 0.818. The number of amides is 1. The molecule has 2 unspecified atom stereocenters. The molecule has 1 fully saturated rings. The number of hydrogen-bond donors (Lipinski definition) is 1. The van der Waals surface area contributed by atoms with E-state index in [0.29, 0.717) is 18.9 Å². The standard InChI is InChI=1S/C11H20N2O2/c1-8(2)6-9(7-14)13-5-4-10(12-3)11(13)15/h7-10,12H,4-6H2,1-3H3/i7D. The van der Waals surface area contributed by atoms with Crippen LogP contribution < -0.4 is 5.32 Å². The van der Waals surface area contributed by atoms with Gasteiger partial charge in [0.05, 0.1) is 12.1 Å². The van der Waals surface area contributed by atoms with Gasteiger partial charge in [0.1, 0.15) is 7.63 Å². The molecule has 1 saturated heterocycles. The summed E-state index contributed by atoms with van der Waals surface area (Å²) in [6.07, 6.45) is 0.639. The third kappa shape index (κ3) is 2.78. The zero-order chi connectivity index (χ0) is 12.3. The Bertz CT molecular complexity index is 281. The van der Waals surface area contributed by atoms with Crippen LogP contribution in [0.1, 0.15) is 28.1 Å². The van der Waals surface area contributed by atoms with E-state index in [4.69, 9.17) is 1.37 Å². The number of aldehydes is 1. The lowest BCUT2D eigenvalue weighted by Crippen LogP contribution is -2.43. The van der Waals surface area contributed by atoms with Gasteiger partial charge < -0.3 is 15.0 Å². The van der Waals surface area contributed by atoms with Gasteiger partial charge in [0.25, 0.3) is 0 Å². The molecule has 0 saturated carbocycles. The number of hydrogen-bond acceptors (Lipinski definition) is 3. The van der Waals surface area contributed by atoms with Crippen molar-refractivity contribution in [1.82, 2.24) is 10.2 Å². The Labute approximate surface area is 92.4 Å². The van der Waals surface area contributed by atoms with Crippen molar-refractivity contribution in [2.75, 3.05) is 13.6 Å². The van der Waals surface area contributed by atoms with Crippen molar-refractivity contribution in [2.24, 2.45) is 5.92 Å². The molecule has 0 aromatic heterocycles. The van der Waals surface area contributed by atoms with E-state index in [2.05, 4.69) is 5.32 Å². The molecule has 1 amide bonds. The second-order valence-corrected chi connectivity index (χ2v) is 4.42. The van der Waals surface area contributed by atoms with E-state index in [-0.39, 0.29) is 11.9 Å². The maximum Gasteiger partial charge on any atom is 0.240 e. The van der Waals surface area contributed by atoms with Crippen LogP contribution in [0.3, 0.4) is 0 Å². The van der Waals surface area contributed by atoms with Crippen LogP contribution in [-0.2, 0) is 9.59 Å². The van der Waals surface area contributed by atoms with Gasteiger partial charge >= 0.3 is 0 Å². The van der Waals surface area contributed by atoms with Crippen LogP contribution in [0.4, 0.5) is 0 Å². The van der Waals surface area contributed by atoms with E-state index in [1.807, 2.05) is 13.8 Å². The van der Waals surface area contributed by atoms with E-state index in [1.54, 1.807) is 11.9 Å². The molecule has 1 rings (SSSR count). The van der Waals surface area contributed by atoms with Crippen molar-refractivity contribution in [3.8, 4) is 0 Å². The molecule has 1 heterocycles. The van der Waals surface area contributed by atoms with Crippen LogP contribution >= 0.6 is 0 Å². The molecular weight excluding hydrogens is 192 g/mol. The van der Waals surface area contributed by atoms with Gasteiger partial charge in [-0.3, -0.25) is 4.79 Å². The Morgan fingerprint density at radius 2 is 2.40 bits per heavy atom. The van der Waals surface area contributed by atoms with Crippen LogP contribution in [0.25, 0.3) is 0 Å². The molecule has 1 N–H and O–H groups in total. The highest BCUT2D eigenvalue weighted by Crippen LogP contribution is 2.18. The van der Waals surface area contributed by atoms with Crippen molar-refractivity contribution in [3.63, 3.8) is 0 Å². The minimum atomic E-state index is -0.654. The minimum absolute atomic E-state index is 0.0475. The van der Waals surface area contributed by atoms with Gasteiger partial charge in [0.2, 0.25) is 5.91 Å². The normalized spacial score (nSPS) is 24.5. The maximum atomic E-state index is 11.9. The third-order valence-electron chi connectivity index (χ3n) is 2.80. The van der Waals surface area contributed by atoms with E-state index < -0.39 is 12.3 Å². The van der Waals surface area contributed by atoms with Gasteiger partial charge in [-0.25, -0.2) is 0 Å². The van der Waals surface area contributed by atoms with Crippen molar-refractivity contribution in [2.45, 2.75) is 38.8 Å². The van der Waals surface area contributed by atoms with Gasteiger partial charge in [0, 0.05) is 6.54 Å². The lowest BCUT2D eigenvalue weighted by Gasteiger charge is -2.24. The molecule has 4 nitrogen and oxygen atoms in total. The summed E-state index contributed by atoms with van der Waals surface area (Å²) in [5.41, 5.74) is 0. The first-order valence-electron chi connectivity index (χ1n) is 5.95. The lowest BCUT2D eigenvalue weighted by molar-refractivity contribution is -0.134. The molecule has 0 spiro atoms. The first kappa shape index (κ1) is 10.6. The number of carbonyl (C=O) groups excluding carboxylic acids is 2. The SMILES string of the molecule is [2H]C(=O)C(CC(C)C)N1CCC(NC)C1=O. The summed E-state index contributed by atoms with van der Waals surface area (Å²) in [5.74, 6) is 0.259. The molecule has 0 aromatic carbocycles. The Balaban J connectivity index is 2.73. The van der Waals surface area contributed by atoms with Crippen LogP contribution in [0.15, 0.2) is 0 Å². The first-order valence-corrected chi connectivity index (χ1v) is 5.45. The van der Waals surface area contributed by atoms with Crippen LogP contribution in [0, 0.1) is 5.92 Å². The summed E-state index contributed by atoms with van der Waals surface area (Å²) in [6.45, 7) is 4.56. The minimum Gasteiger partial charge on any atom is -0.332 e. The van der Waals surface area contributed by atoms with Gasteiger partial charge in [0.15, 0.2) is 0 Å². The number of carbonyl (C=O) groups is 2. The molecular formula is C11H20N2O2. The maximum absolute atomic E-state index is 11.9. The number of likely N-dealkylation sites (N-methyl/N-ethyl adjacent to an activating group) is 1. The van der Waals surface area contributed by atoms with Gasteiger partial charge in [-0.1, -0.05) is 13.8 Å².